The minimum atomic E-state index is -0.906. The van der Waals surface area contributed by atoms with Gasteiger partial charge in [-0.25, -0.2) is 0 Å². The van der Waals surface area contributed by atoms with E-state index in [9.17, 15) is 15.0 Å². The summed E-state index contributed by atoms with van der Waals surface area (Å²) in [5.74, 6) is 1.09. The summed E-state index contributed by atoms with van der Waals surface area (Å²) in [5.41, 5.74) is 2.14. The van der Waals surface area contributed by atoms with Crippen molar-refractivity contribution in [3.05, 3.63) is 47.3 Å². The lowest BCUT2D eigenvalue weighted by Crippen LogP contribution is -2.71. The number of phenols is 1. The number of amides is 1. The Morgan fingerprint density at radius 1 is 1.18 bits per heavy atom. The first-order chi connectivity index (χ1) is 16.4. The number of piperidine rings is 1. The van der Waals surface area contributed by atoms with Gasteiger partial charge in [-0.2, -0.15) is 5.10 Å². The molecule has 7 heteroatoms. The molecule has 2 aliphatic heterocycles. The van der Waals surface area contributed by atoms with Crippen LogP contribution >= 0.6 is 0 Å². The van der Waals surface area contributed by atoms with E-state index in [1.807, 2.05) is 23.4 Å². The predicted octanol–water partition coefficient (Wildman–Crippen LogP) is 2.48. The van der Waals surface area contributed by atoms with Gasteiger partial charge in [-0.05, 0) is 86.2 Å². The monoisotopic (exact) mass is 464 g/mol. The van der Waals surface area contributed by atoms with E-state index in [0.29, 0.717) is 19.5 Å². The number of likely N-dealkylation sites (tertiary alicyclic amines) is 2. The van der Waals surface area contributed by atoms with E-state index >= 15 is 0 Å². The van der Waals surface area contributed by atoms with Gasteiger partial charge >= 0.3 is 0 Å². The molecule has 2 aliphatic carbocycles. The molecule has 1 amide bonds. The summed E-state index contributed by atoms with van der Waals surface area (Å²) >= 11 is 0. The van der Waals surface area contributed by atoms with Crippen LogP contribution < -0.4 is 0 Å². The minimum absolute atomic E-state index is 0.0601. The number of carbonyl (C=O) groups is 1. The second-order valence-electron chi connectivity index (χ2n) is 11.0. The molecule has 1 saturated carbocycles. The second kappa shape index (κ2) is 8.09. The van der Waals surface area contributed by atoms with Gasteiger partial charge in [-0.1, -0.05) is 13.0 Å². The number of rotatable bonds is 5. The van der Waals surface area contributed by atoms with Crippen LogP contribution in [0.2, 0.25) is 0 Å². The summed E-state index contributed by atoms with van der Waals surface area (Å²) in [6, 6.07) is 5.78. The molecule has 3 unspecified atom stereocenters. The van der Waals surface area contributed by atoms with Crippen LogP contribution in [0, 0.1) is 5.92 Å². The van der Waals surface area contributed by atoms with E-state index in [2.05, 4.69) is 23.0 Å². The Hall–Kier alpha value is -2.38. The number of aromatic nitrogens is 2. The van der Waals surface area contributed by atoms with Gasteiger partial charge in [0.25, 0.3) is 0 Å². The van der Waals surface area contributed by atoms with Crippen molar-refractivity contribution in [2.24, 2.45) is 5.92 Å². The zero-order valence-electron chi connectivity index (χ0n) is 20.1. The Bertz CT molecular complexity index is 1100. The number of benzene rings is 1. The minimum Gasteiger partial charge on any atom is -0.508 e. The quantitative estimate of drug-likeness (QED) is 0.711. The lowest BCUT2D eigenvalue weighted by atomic mass is 9.52. The number of carbonyl (C=O) groups excluding carboxylic acids is 1. The van der Waals surface area contributed by atoms with Crippen molar-refractivity contribution in [1.82, 2.24) is 19.6 Å². The standard InChI is InChI=1S/C27H36N4O3/c1-2-19-15-28-31(17-19)18-25(33)29-10-7-26-8-11-30(16-20-3-4-20)24(27(26,34)9-12-29)13-21-5-6-22(32)14-23(21)26/h5-6,14-15,17,20,24,32,34H,2-4,7-13,16,18H2,1H3. The molecule has 1 aromatic heterocycles. The second-order valence-corrected chi connectivity index (χ2v) is 11.0. The molecule has 2 aromatic rings. The first-order valence-corrected chi connectivity index (χ1v) is 13.0. The number of hydrogen-bond acceptors (Lipinski definition) is 5. The Kier molecular flexibility index (Phi) is 5.26. The van der Waals surface area contributed by atoms with Gasteiger partial charge in [-0.15, -0.1) is 0 Å². The maximum absolute atomic E-state index is 13.3. The Labute approximate surface area is 201 Å². The van der Waals surface area contributed by atoms with Crippen molar-refractivity contribution in [3.63, 3.8) is 0 Å². The maximum Gasteiger partial charge on any atom is 0.244 e. The Morgan fingerprint density at radius 2 is 1.97 bits per heavy atom. The number of aryl methyl sites for hydroxylation is 1. The molecule has 182 valence electrons. The molecular formula is C27H36N4O3. The molecule has 1 aromatic carbocycles. The van der Waals surface area contributed by atoms with Gasteiger partial charge in [0, 0.05) is 37.3 Å². The molecule has 0 spiro atoms. The smallest absolute Gasteiger partial charge is 0.244 e. The molecule has 4 aliphatic rings. The van der Waals surface area contributed by atoms with Crippen molar-refractivity contribution in [3.8, 4) is 5.75 Å². The average molecular weight is 465 g/mol. The third kappa shape index (κ3) is 3.47. The Balaban J connectivity index is 1.32. The summed E-state index contributed by atoms with van der Waals surface area (Å²) in [7, 11) is 0. The van der Waals surface area contributed by atoms with Crippen molar-refractivity contribution in [2.75, 3.05) is 26.2 Å². The molecule has 34 heavy (non-hydrogen) atoms. The number of hydrogen-bond donors (Lipinski definition) is 2. The van der Waals surface area contributed by atoms with Crippen molar-refractivity contribution < 1.29 is 15.0 Å². The first-order valence-electron chi connectivity index (χ1n) is 13.0. The van der Waals surface area contributed by atoms with E-state index in [4.69, 9.17) is 0 Å². The third-order valence-electron chi connectivity index (χ3n) is 9.17. The summed E-state index contributed by atoms with van der Waals surface area (Å²) in [6.07, 6.45) is 10.2. The summed E-state index contributed by atoms with van der Waals surface area (Å²) in [5, 5.41) is 27.2. The lowest BCUT2D eigenvalue weighted by molar-refractivity contribution is -0.149. The maximum atomic E-state index is 13.3. The summed E-state index contributed by atoms with van der Waals surface area (Å²) in [4.78, 5) is 17.7. The number of phenolic OH excluding ortho intramolecular Hbond substituents is 1. The summed E-state index contributed by atoms with van der Waals surface area (Å²) in [6.45, 7) is 5.53. The fourth-order valence-electron chi connectivity index (χ4n) is 7.03. The fraction of sp³-hybridized carbons (Fsp3) is 0.630. The highest BCUT2D eigenvalue weighted by molar-refractivity contribution is 5.76. The molecule has 3 atom stereocenters. The topological polar surface area (TPSA) is 81.8 Å². The van der Waals surface area contributed by atoms with Crippen LogP contribution in [0.5, 0.6) is 5.75 Å². The lowest BCUT2D eigenvalue weighted by Gasteiger charge is -2.61. The predicted molar refractivity (Wildman–Crippen MR) is 129 cm³/mol. The van der Waals surface area contributed by atoms with E-state index in [1.165, 1.54) is 18.4 Å². The zero-order valence-corrected chi connectivity index (χ0v) is 20.1. The van der Waals surface area contributed by atoms with Crippen LogP contribution in [0.3, 0.4) is 0 Å². The molecule has 6 rings (SSSR count). The van der Waals surface area contributed by atoms with Crippen LogP contribution in [0.15, 0.2) is 30.6 Å². The van der Waals surface area contributed by atoms with Gasteiger partial charge in [0.15, 0.2) is 0 Å². The van der Waals surface area contributed by atoms with E-state index in [0.717, 1.165) is 55.8 Å². The molecule has 2 saturated heterocycles. The zero-order chi connectivity index (χ0) is 23.5. The van der Waals surface area contributed by atoms with Crippen molar-refractivity contribution >= 4 is 5.91 Å². The molecule has 3 fully saturated rings. The molecule has 0 radical (unpaired) electrons. The van der Waals surface area contributed by atoms with E-state index in [-0.39, 0.29) is 24.2 Å². The highest BCUT2D eigenvalue weighted by Gasteiger charge is 2.63. The fourth-order valence-corrected chi connectivity index (χ4v) is 7.03. The van der Waals surface area contributed by atoms with Crippen LogP contribution in [0.1, 0.15) is 55.7 Å². The first kappa shape index (κ1) is 22.1. The van der Waals surface area contributed by atoms with Crippen LogP contribution in [0.25, 0.3) is 0 Å². The van der Waals surface area contributed by atoms with Gasteiger partial charge in [0.05, 0.1) is 11.8 Å². The SMILES string of the molecule is CCc1cnn(CC(=O)N2CCC34CCN(CC5CC5)C(Cc5ccc(O)cc53)C4(O)CC2)c1. The molecule has 2 N–H and O–H groups in total. The van der Waals surface area contributed by atoms with E-state index in [1.54, 1.807) is 10.7 Å². The summed E-state index contributed by atoms with van der Waals surface area (Å²) < 4.78 is 1.73. The van der Waals surface area contributed by atoms with Crippen LogP contribution in [-0.4, -0.2) is 73.5 Å². The van der Waals surface area contributed by atoms with Crippen LogP contribution in [-0.2, 0) is 29.6 Å². The third-order valence-corrected chi connectivity index (χ3v) is 9.17. The van der Waals surface area contributed by atoms with Crippen LogP contribution in [0.4, 0.5) is 0 Å². The number of aromatic hydroxyl groups is 1. The molecule has 3 heterocycles. The van der Waals surface area contributed by atoms with Gasteiger partial charge < -0.3 is 15.1 Å². The van der Waals surface area contributed by atoms with Crippen molar-refractivity contribution in [2.45, 2.75) is 75.5 Å². The highest BCUT2D eigenvalue weighted by Crippen LogP contribution is 2.56. The normalized spacial score (nSPS) is 31.0. The van der Waals surface area contributed by atoms with Gasteiger partial charge in [-0.3, -0.25) is 14.4 Å². The molecule has 2 bridgehead atoms. The molecular weight excluding hydrogens is 428 g/mol. The largest absolute Gasteiger partial charge is 0.508 e. The highest BCUT2D eigenvalue weighted by atomic mass is 16.3. The number of aliphatic hydroxyl groups is 1. The Morgan fingerprint density at radius 3 is 2.74 bits per heavy atom. The van der Waals surface area contributed by atoms with E-state index < -0.39 is 11.0 Å². The van der Waals surface area contributed by atoms with Gasteiger partial charge in [0.2, 0.25) is 5.91 Å². The van der Waals surface area contributed by atoms with Gasteiger partial charge in [0.1, 0.15) is 12.3 Å². The number of nitrogens with zero attached hydrogens (tertiary/aromatic N) is 4. The average Bonchev–Trinajstić information content (AvgIpc) is 3.55. The molecule has 7 nitrogen and oxygen atoms in total. The van der Waals surface area contributed by atoms with Crippen molar-refractivity contribution in [1.29, 1.82) is 0 Å². The number of fused-ring (bicyclic) bond motifs is 1.